The number of carbonyl (C=O) groups is 1. The lowest BCUT2D eigenvalue weighted by Gasteiger charge is -2.20. The van der Waals surface area contributed by atoms with Gasteiger partial charge in [-0.1, -0.05) is 11.6 Å². The maximum Gasteiger partial charge on any atom is 0.257 e. The van der Waals surface area contributed by atoms with Crippen molar-refractivity contribution in [2.75, 3.05) is 13.2 Å². The van der Waals surface area contributed by atoms with E-state index in [4.69, 9.17) is 16.3 Å². The van der Waals surface area contributed by atoms with Gasteiger partial charge in [-0.3, -0.25) is 9.59 Å². The average molecular weight is 487 g/mol. The summed E-state index contributed by atoms with van der Waals surface area (Å²) in [6.07, 6.45) is 2.51. The van der Waals surface area contributed by atoms with E-state index >= 15 is 0 Å². The molecule has 0 saturated carbocycles. The normalized spacial score (nSPS) is 19.8. The number of rotatable bonds is 4. The van der Waals surface area contributed by atoms with Crippen LogP contribution in [0.5, 0.6) is 0 Å². The number of nitrogens with one attached hydrogen (secondary N) is 1. The van der Waals surface area contributed by atoms with Crippen LogP contribution >= 0.6 is 34.7 Å². The largest absolute Gasteiger partial charge is 0.376 e. The Balaban J connectivity index is 1.63. The number of benzene rings is 1. The number of hydrogen-bond acceptors (Lipinski definition) is 5. The number of halogens is 1. The molecule has 2 atom stereocenters. The van der Waals surface area contributed by atoms with Gasteiger partial charge in [-0.05, 0) is 60.4 Å². The smallest absolute Gasteiger partial charge is 0.257 e. The Morgan fingerprint density at radius 2 is 2.19 bits per heavy atom. The first kappa shape index (κ1) is 21.8. The molecule has 4 heterocycles. The minimum Gasteiger partial charge on any atom is -0.376 e. The topological polar surface area (TPSA) is 60.3 Å². The number of hydrogen-bond donors (Lipinski definition) is 1. The number of amides is 1. The van der Waals surface area contributed by atoms with Crippen molar-refractivity contribution in [2.24, 2.45) is 0 Å². The number of fused-ring (bicyclic) bond motifs is 3. The zero-order valence-electron chi connectivity index (χ0n) is 17.6. The molecule has 1 N–H and O–H groups in total. The Kier molecular flexibility index (Phi) is 6.16. The summed E-state index contributed by atoms with van der Waals surface area (Å²) in [5.41, 5.74) is 3.64. The minimum absolute atomic E-state index is 0.0164. The van der Waals surface area contributed by atoms with E-state index in [1.165, 1.54) is 5.56 Å². The van der Waals surface area contributed by atoms with Gasteiger partial charge in [0.1, 0.15) is 5.56 Å². The van der Waals surface area contributed by atoms with Crippen LogP contribution in [0.2, 0.25) is 5.02 Å². The zero-order valence-corrected chi connectivity index (χ0v) is 20.0. The second-order valence-corrected chi connectivity index (χ2v) is 10.6. The highest BCUT2D eigenvalue weighted by Gasteiger charge is 2.30. The molecular formula is C24H23ClN2O3S2. The molecule has 0 spiro atoms. The molecule has 3 aromatic rings. The number of pyridine rings is 1. The monoisotopic (exact) mass is 486 g/mol. The van der Waals surface area contributed by atoms with Gasteiger partial charge in [0, 0.05) is 52.2 Å². The Morgan fingerprint density at radius 1 is 1.31 bits per heavy atom. The molecule has 1 aromatic carbocycles. The van der Waals surface area contributed by atoms with Crippen LogP contribution < -0.4 is 10.7 Å². The summed E-state index contributed by atoms with van der Waals surface area (Å²) < 4.78 is 7.68. The number of aryl methyl sites for hydroxylation is 1. The zero-order chi connectivity index (χ0) is 22.2. The van der Waals surface area contributed by atoms with Crippen molar-refractivity contribution in [2.45, 2.75) is 42.4 Å². The van der Waals surface area contributed by atoms with Gasteiger partial charge >= 0.3 is 0 Å². The summed E-state index contributed by atoms with van der Waals surface area (Å²) in [4.78, 5) is 27.4. The molecule has 0 aliphatic carbocycles. The van der Waals surface area contributed by atoms with Crippen molar-refractivity contribution in [3.63, 3.8) is 0 Å². The summed E-state index contributed by atoms with van der Waals surface area (Å²) in [5, 5.41) is 7.86. The highest BCUT2D eigenvalue weighted by Crippen LogP contribution is 2.45. The average Bonchev–Trinajstić information content (AvgIpc) is 3.44. The lowest BCUT2D eigenvalue weighted by molar-refractivity contribution is 0.0855. The maximum absolute atomic E-state index is 13.3. The van der Waals surface area contributed by atoms with E-state index < -0.39 is 0 Å². The molecule has 2 aliphatic rings. The van der Waals surface area contributed by atoms with E-state index in [0.717, 1.165) is 41.4 Å². The SMILES string of the molecule is Cc1cc(=O)c(C(=O)NC[C@H]2CCCO2)c2n1-c1ccc(Cl)cc1S[C@@H](c1ccsc1)C2. The second kappa shape index (κ2) is 9.06. The molecular weight excluding hydrogens is 464 g/mol. The highest BCUT2D eigenvalue weighted by atomic mass is 35.5. The van der Waals surface area contributed by atoms with Crippen LogP contribution in [0.1, 0.15) is 45.4 Å². The molecule has 8 heteroatoms. The predicted molar refractivity (Wildman–Crippen MR) is 130 cm³/mol. The van der Waals surface area contributed by atoms with Crippen molar-refractivity contribution in [1.82, 2.24) is 9.88 Å². The van der Waals surface area contributed by atoms with Crippen molar-refractivity contribution < 1.29 is 9.53 Å². The lowest BCUT2D eigenvalue weighted by atomic mass is 10.0. The standard InChI is InChI=1S/C24H23ClN2O3S2/c1-14-9-20(28)23(24(29)26-12-17-3-2-7-30-17)19-11-21(15-6-8-31-13-15)32-22-10-16(25)4-5-18(22)27(14)19/h4-6,8-10,13,17,21H,2-3,7,11-12H2,1H3,(H,26,29)/t17-,21-/m1/s1. The van der Waals surface area contributed by atoms with E-state index in [1.54, 1.807) is 29.2 Å². The number of nitrogens with zero attached hydrogens (tertiary/aromatic N) is 1. The van der Waals surface area contributed by atoms with E-state index in [-0.39, 0.29) is 28.3 Å². The van der Waals surface area contributed by atoms with E-state index in [2.05, 4.69) is 22.1 Å². The molecule has 0 radical (unpaired) electrons. The van der Waals surface area contributed by atoms with Crippen molar-refractivity contribution in [3.8, 4) is 5.69 Å². The number of thiophene rings is 1. The Hall–Kier alpha value is -2.06. The second-order valence-electron chi connectivity index (χ2n) is 8.13. The fraction of sp³-hybridized carbons (Fsp3) is 0.333. The number of thioether (sulfide) groups is 1. The minimum atomic E-state index is -0.333. The van der Waals surface area contributed by atoms with Gasteiger partial charge < -0.3 is 14.6 Å². The van der Waals surface area contributed by atoms with Gasteiger partial charge in [-0.15, -0.1) is 11.8 Å². The number of aromatic nitrogens is 1. The summed E-state index contributed by atoms with van der Waals surface area (Å²) >= 11 is 9.70. The molecule has 1 amide bonds. The van der Waals surface area contributed by atoms with Gasteiger partial charge in [-0.2, -0.15) is 11.3 Å². The van der Waals surface area contributed by atoms with Crippen molar-refractivity contribution in [1.29, 1.82) is 0 Å². The van der Waals surface area contributed by atoms with E-state index in [9.17, 15) is 9.59 Å². The van der Waals surface area contributed by atoms with Gasteiger partial charge in [0.05, 0.1) is 11.8 Å². The quantitative estimate of drug-likeness (QED) is 0.553. The number of carbonyl (C=O) groups excluding carboxylic acids is 1. The van der Waals surface area contributed by atoms with Crippen LogP contribution in [0.3, 0.4) is 0 Å². The predicted octanol–water partition coefficient (Wildman–Crippen LogP) is 5.16. The first-order valence-corrected chi connectivity index (χ1v) is 12.9. The summed E-state index contributed by atoms with van der Waals surface area (Å²) in [6, 6.07) is 9.44. The molecule has 5 nitrogen and oxygen atoms in total. The lowest BCUT2D eigenvalue weighted by Crippen LogP contribution is -2.36. The third-order valence-electron chi connectivity index (χ3n) is 5.96. The van der Waals surface area contributed by atoms with Crippen LogP contribution in [-0.4, -0.2) is 29.7 Å². The Bertz CT molecular complexity index is 1220. The molecule has 1 fully saturated rings. The van der Waals surface area contributed by atoms with Crippen LogP contribution in [0.4, 0.5) is 0 Å². The summed E-state index contributed by atoms with van der Waals surface area (Å²) in [7, 11) is 0. The highest BCUT2D eigenvalue weighted by molar-refractivity contribution is 7.99. The van der Waals surface area contributed by atoms with E-state index in [0.29, 0.717) is 18.0 Å². The van der Waals surface area contributed by atoms with Gasteiger partial charge in [0.15, 0.2) is 5.43 Å². The first-order valence-electron chi connectivity index (χ1n) is 10.7. The molecule has 32 heavy (non-hydrogen) atoms. The van der Waals surface area contributed by atoms with E-state index in [1.807, 2.05) is 29.7 Å². The molecule has 2 aromatic heterocycles. The summed E-state index contributed by atoms with van der Waals surface area (Å²) in [6.45, 7) is 3.05. The Labute approximate surface area is 199 Å². The maximum atomic E-state index is 13.3. The van der Waals surface area contributed by atoms with Crippen LogP contribution in [0, 0.1) is 6.92 Å². The molecule has 1 saturated heterocycles. The third kappa shape index (κ3) is 4.15. The van der Waals surface area contributed by atoms with Crippen molar-refractivity contribution in [3.05, 3.63) is 78.9 Å². The van der Waals surface area contributed by atoms with Gasteiger partial charge in [0.2, 0.25) is 0 Å². The fourth-order valence-electron chi connectivity index (χ4n) is 4.45. The molecule has 5 rings (SSSR count). The Morgan fingerprint density at radius 3 is 2.94 bits per heavy atom. The molecule has 2 aliphatic heterocycles. The van der Waals surface area contributed by atoms with Gasteiger partial charge in [-0.25, -0.2) is 0 Å². The van der Waals surface area contributed by atoms with Crippen LogP contribution in [0.15, 0.2) is 50.8 Å². The number of ether oxygens (including phenoxy) is 1. The molecule has 0 bridgehead atoms. The third-order valence-corrected chi connectivity index (χ3v) is 8.21. The summed E-state index contributed by atoms with van der Waals surface area (Å²) in [5.74, 6) is -0.333. The fourth-order valence-corrected chi connectivity index (χ4v) is 6.79. The first-order chi connectivity index (χ1) is 15.5. The van der Waals surface area contributed by atoms with Crippen molar-refractivity contribution >= 4 is 40.6 Å². The van der Waals surface area contributed by atoms with Crippen LogP contribution in [0.25, 0.3) is 5.69 Å². The van der Waals surface area contributed by atoms with Gasteiger partial charge in [0.25, 0.3) is 5.91 Å². The molecule has 0 unspecified atom stereocenters. The van der Waals surface area contributed by atoms with Crippen LogP contribution in [-0.2, 0) is 11.2 Å². The molecule has 166 valence electrons.